The summed E-state index contributed by atoms with van der Waals surface area (Å²) >= 11 is 0. The summed E-state index contributed by atoms with van der Waals surface area (Å²) in [5.41, 5.74) is 1.27. The second kappa shape index (κ2) is 6.88. The van der Waals surface area contributed by atoms with E-state index >= 15 is 0 Å². The lowest BCUT2D eigenvalue weighted by Crippen LogP contribution is -2.27. The molecule has 1 fully saturated rings. The molecular formula is C15H21NO3S. The van der Waals surface area contributed by atoms with Crippen LogP contribution in [-0.2, 0) is 21.1 Å². The van der Waals surface area contributed by atoms with Gasteiger partial charge in [-0.25, -0.2) is 8.42 Å². The largest absolute Gasteiger partial charge is 0.356 e. The molecule has 1 aliphatic rings. The summed E-state index contributed by atoms with van der Waals surface area (Å²) in [5.74, 6) is 0.387. The van der Waals surface area contributed by atoms with Gasteiger partial charge in [0.15, 0.2) is 9.84 Å². The molecule has 1 aromatic rings. The Labute approximate surface area is 120 Å². The molecule has 4 nitrogen and oxygen atoms in total. The number of benzene rings is 1. The third kappa shape index (κ3) is 4.96. The number of carbonyl (C=O) groups is 1. The Bertz CT molecular complexity index is 539. The fourth-order valence-electron chi connectivity index (χ4n) is 2.53. The first-order valence-electron chi connectivity index (χ1n) is 7.06. The van der Waals surface area contributed by atoms with Gasteiger partial charge in [0, 0.05) is 13.0 Å². The van der Waals surface area contributed by atoms with E-state index in [9.17, 15) is 13.2 Å². The van der Waals surface area contributed by atoms with Crippen LogP contribution in [0.25, 0.3) is 0 Å². The summed E-state index contributed by atoms with van der Waals surface area (Å²) in [5, 5.41) is 2.87. The molecule has 0 aliphatic carbocycles. The smallest absolute Gasteiger partial charge is 0.220 e. The molecule has 0 saturated carbocycles. The van der Waals surface area contributed by atoms with Crippen LogP contribution in [0.5, 0.6) is 0 Å². The van der Waals surface area contributed by atoms with Gasteiger partial charge in [-0.1, -0.05) is 30.3 Å². The predicted molar refractivity (Wildman–Crippen MR) is 79.2 cm³/mol. The molecule has 5 heteroatoms. The van der Waals surface area contributed by atoms with Crippen molar-refractivity contribution in [1.29, 1.82) is 0 Å². The normalized spacial score (nSPS) is 20.7. The fourth-order valence-corrected chi connectivity index (χ4v) is 4.39. The number of nitrogens with one attached hydrogen (secondary N) is 1. The monoisotopic (exact) mass is 295 g/mol. The maximum Gasteiger partial charge on any atom is 0.220 e. The Morgan fingerprint density at radius 3 is 2.65 bits per heavy atom. The Kier molecular flexibility index (Phi) is 5.17. The maximum absolute atomic E-state index is 11.7. The first kappa shape index (κ1) is 15.0. The van der Waals surface area contributed by atoms with E-state index in [1.54, 1.807) is 0 Å². The van der Waals surface area contributed by atoms with Crippen molar-refractivity contribution in [3.05, 3.63) is 35.9 Å². The highest BCUT2D eigenvalue weighted by Crippen LogP contribution is 2.21. The number of rotatable bonds is 6. The minimum Gasteiger partial charge on any atom is -0.356 e. The van der Waals surface area contributed by atoms with Gasteiger partial charge in [-0.2, -0.15) is 0 Å². The Morgan fingerprint density at radius 1 is 1.25 bits per heavy atom. The third-order valence-electron chi connectivity index (χ3n) is 3.61. The summed E-state index contributed by atoms with van der Waals surface area (Å²) in [6.45, 7) is 0.646. The van der Waals surface area contributed by atoms with Crippen LogP contribution < -0.4 is 5.32 Å². The van der Waals surface area contributed by atoms with Crippen LogP contribution in [-0.4, -0.2) is 32.4 Å². The molecule has 20 heavy (non-hydrogen) atoms. The zero-order valence-electron chi connectivity index (χ0n) is 11.5. The Hall–Kier alpha value is -1.36. The highest BCUT2D eigenvalue weighted by atomic mass is 32.2. The average Bonchev–Trinajstić information content (AvgIpc) is 2.75. The minimum atomic E-state index is -2.88. The first-order chi connectivity index (χ1) is 9.55. The zero-order chi connectivity index (χ0) is 14.4. The van der Waals surface area contributed by atoms with Crippen LogP contribution in [0.2, 0.25) is 0 Å². The molecule has 0 aromatic heterocycles. The van der Waals surface area contributed by atoms with E-state index in [1.165, 1.54) is 5.56 Å². The number of aryl methyl sites for hydroxylation is 1. The second-order valence-electron chi connectivity index (χ2n) is 5.41. The standard InChI is InChI=1S/C15H21NO3S/c17-15(11-14-8-10-20(18,19)12-14)16-9-4-7-13-5-2-1-3-6-13/h1-3,5-6,14H,4,7-12H2,(H,16,17). The highest BCUT2D eigenvalue weighted by molar-refractivity contribution is 7.91. The summed E-state index contributed by atoms with van der Waals surface area (Å²) in [4.78, 5) is 11.7. The lowest BCUT2D eigenvalue weighted by Gasteiger charge is -2.08. The maximum atomic E-state index is 11.7. The van der Waals surface area contributed by atoms with Gasteiger partial charge in [-0.05, 0) is 30.7 Å². The van der Waals surface area contributed by atoms with Gasteiger partial charge in [-0.3, -0.25) is 4.79 Å². The topological polar surface area (TPSA) is 63.2 Å². The third-order valence-corrected chi connectivity index (χ3v) is 5.45. The second-order valence-corrected chi connectivity index (χ2v) is 7.64. The number of hydrogen-bond donors (Lipinski definition) is 1. The number of hydrogen-bond acceptors (Lipinski definition) is 3. The molecule has 1 N–H and O–H groups in total. The molecule has 0 radical (unpaired) electrons. The Morgan fingerprint density at radius 2 is 2.00 bits per heavy atom. The lowest BCUT2D eigenvalue weighted by atomic mass is 10.0. The molecule has 1 amide bonds. The Balaban J connectivity index is 1.61. The van der Waals surface area contributed by atoms with Gasteiger partial charge >= 0.3 is 0 Å². The van der Waals surface area contributed by atoms with Crippen LogP contribution in [0.3, 0.4) is 0 Å². The number of sulfone groups is 1. The van der Waals surface area contributed by atoms with Gasteiger partial charge < -0.3 is 5.32 Å². The van der Waals surface area contributed by atoms with Crippen molar-refractivity contribution in [2.75, 3.05) is 18.1 Å². The molecule has 1 aromatic carbocycles. The van der Waals surface area contributed by atoms with E-state index in [-0.39, 0.29) is 23.3 Å². The van der Waals surface area contributed by atoms with E-state index in [0.717, 1.165) is 12.8 Å². The molecule has 1 unspecified atom stereocenters. The summed E-state index contributed by atoms with van der Waals surface area (Å²) in [6, 6.07) is 10.2. The van der Waals surface area contributed by atoms with Crippen LogP contribution in [0.4, 0.5) is 0 Å². The molecule has 1 atom stereocenters. The quantitative estimate of drug-likeness (QED) is 0.810. The first-order valence-corrected chi connectivity index (χ1v) is 8.88. The van der Waals surface area contributed by atoms with E-state index in [4.69, 9.17) is 0 Å². The van der Waals surface area contributed by atoms with E-state index < -0.39 is 9.84 Å². The van der Waals surface area contributed by atoms with Crippen molar-refractivity contribution in [3.63, 3.8) is 0 Å². The van der Waals surface area contributed by atoms with Gasteiger partial charge in [0.05, 0.1) is 11.5 Å². The highest BCUT2D eigenvalue weighted by Gasteiger charge is 2.29. The minimum absolute atomic E-state index is 0.00845. The van der Waals surface area contributed by atoms with Crippen molar-refractivity contribution in [1.82, 2.24) is 5.32 Å². The van der Waals surface area contributed by atoms with E-state index in [1.807, 2.05) is 18.2 Å². The zero-order valence-corrected chi connectivity index (χ0v) is 12.4. The summed E-state index contributed by atoms with van der Waals surface area (Å²) in [7, 11) is -2.88. The molecular weight excluding hydrogens is 274 g/mol. The number of amides is 1. The molecule has 1 aliphatic heterocycles. The van der Waals surface area contributed by atoms with Crippen molar-refractivity contribution in [2.45, 2.75) is 25.7 Å². The van der Waals surface area contributed by atoms with Crippen LogP contribution in [0, 0.1) is 5.92 Å². The lowest BCUT2D eigenvalue weighted by molar-refractivity contribution is -0.121. The van der Waals surface area contributed by atoms with Crippen molar-refractivity contribution >= 4 is 15.7 Å². The molecule has 0 bridgehead atoms. The van der Waals surface area contributed by atoms with E-state index in [2.05, 4.69) is 17.4 Å². The molecule has 110 valence electrons. The number of carbonyl (C=O) groups excluding carboxylic acids is 1. The van der Waals surface area contributed by atoms with E-state index in [0.29, 0.717) is 19.4 Å². The van der Waals surface area contributed by atoms with Crippen molar-refractivity contribution in [3.8, 4) is 0 Å². The predicted octanol–water partition coefficient (Wildman–Crippen LogP) is 1.56. The molecule has 1 saturated heterocycles. The molecule has 2 rings (SSSR count). The van der Waals surface area contributed by atoms with Gasteiger partial charge in [0.1, 0.15) is 0 Å². The summed E-state index contributed by atoms with van der Waals surface area (Å²) < 4.78 is 22.6. The SMILES string of the molecule is O=C(CC1CCS(=O)(=O)C1)NCCCc1ccccc1. The van der Waals surface area contributed by atoms with Crippen LogP contribution >= 0.6 is 0 Å². The van der Waals surface area contributed by atoms with Gasteiger partial charge in [0.25, 0.3) is 0 Å². The molecule has 1 heterocycles. The van der Waals surface area contributed by atoms with Crippen molar-refractivity contribution in [2.24, 2.45) is 5.92 Å². The van der Waals surface area contributed by atoms with Gasteiger partial charge in [-0.15, -0.1) is 0 Å². The fraction of sp³-hybridized carbons (Fsp3) is 0.533. The van der Waals surface area contributed by atoms with Gasteiger partial charge in [0.2, 0.25) is 5.91 Å². The van der Waals surface area contributed by atoms with Crippen LogP contribution in [0.15, 0.2) is 30.3 Å². The molecule has 0 spiro atoms. The van der Waals surface area contributed by atoms with Crippen molar-refractivity contribution < 1.29 is 13.2 Å². The average molecular weight is 295 g/mol. The van der Waals surface area contributed by atoms with Crippen LogP contribution in [0.1, 0.15) is 24.8 Å². The summed E-state index contributed by atoms with van der Waals surface area (Å²) in [6.07, 6.45) is 2.81.